The SMILES string of the molecule is O=C1N=NC2=C1SCc1ccccc12. The smallest absolute Gasteiger partial charge is 0.264 e. The molecular formula is C10H6N2OS. The van der Waals surface area contributed by atoms with Crippen LogP contribution in [-0.2, 0) is 10.5 Å². The van der Waals surface area contributed by atoms with E-state index in [4.69, 9.17) is 0 Å². The number of benzene rings is 1. The number of carbonyl (C=O) groups excluding carboxylic acids is 1. The van der Waals surface area contributed by atoms with E-state index in [1.165, 1.54) is 17.3 Å². The summed E-state index contributed by atoms with van der Waals surface area (Å²) in [6.45, 7) is 0. The van der Waals surface area contributed by atoms with Gasteiger partial charge in [-0.3, -0.25) is 4.79 Å². The van der Waals surface area contributed by atoms with Gasteiger partial charge >= 0.3 is 5.91 Å². The van der Waals surface area contributed by atoms with Crippen molar-refractivity contribution in [1.29, 1.82) is 0 Å². The lowest BCUT2D eigenvalue weighted by Gasteiger charge is -2.13. The van der Waals surface area contributed by atoms with Gasteiger partial charge in [-0.2, -0.15) is 0 Å². The van der Waals surface area contributed by atoms with Gasteiger partial charge in [-0.25, -0.2) is 0 Å². The maximum absolute atomic E-state index is 11.3. The number of carbonyl (C=O) groups is 1. The van der Waals surface area contributed by atoms with Crippen molar-refractivity contribution in [1.82, 2.24) is 0 Å². The molecule has 0 unspecified atom stereocenters. The lowest BCUT2D eigenvalue weighted by Crippen LogP contribution is -2.00. The first-order valence-electron chi connectivity index (χ1n) is 4.28. The standard InChI is InChI=1S/C10H6N2OS/c13-10-9-8(11-12-10)7-4-2-1-3-6(7)5-14-9/h1-4H,5H2. The minimum absolute atomic E-state index is 0.195. The fraction of sp³-hybridized carbons (Fsp3) is 0.100. The second-order valence-corrected chi connectivity index (χ2v) is 4.11. The fourth-order valence-corrected chi connectivity index (χ4v) is 2.62. The monoisotopic (exact) mass is 202 g/mol. The Labute approximate surface area is 84.9 Å². The maximum Gasteiger partial charge on any atom is 0.304 e. The van der Waals surface area contributed by atoms with Crippen LogP contribution in [0.2, 0.25) is 0 Å². The van der Waals surface area contributed by atoms with E-state index < -0.39 is 0 Å². The summed E-state index contributed by atoms with van der Waals surface area (Å²) in [6, 6.07) is 8.00. The molecule has 1 aromatic carbocycles. The zero-order valence-electron chi connectivity index (χ0n) is 7.23. The summed E-state index contributed by atoms with van der Waals surface area (Å²) in [7, 11) is 0. The summed E-state index contributed by atoms with van der Waals surface area (Å²) >= 11 is 1.53. The van der Waals surface area contributed by atoms with E-state index in [9.17, 15) is 4.79 Å². The van der Waals surface area contributed by atoms with Crippen molar-refractivity contribution in [3.8, 4) is 0 Å². The van der Waals surface area contributed by atoms with E-state index in [1.54, 1.807) is 0 Å². The Kier molecular flexibility index (Phi) is 1.58. The average Bonchev–Trinajstić information content (AvgIpc) is 2.61. The Morgan fingerprint density at radius 3 is 3.00 bits per heavy atom. The first kappa shape index (κ1) is 7.94. The molecule has 3 rings (SSSR count). The molecule has 0 saturated heterocycles. The quantitative estimate of drug-likeness (QED) is 0.648. The maximum atomic E-state index is 11.3. The van der Waals surface area contributed by atoms with Crippen LogP contribution in [0.25, 0.3) is 5.70 Å². The number of amides is 1. The first-order chi connectivity index (χ1) is 6.86. The van der Waals surface area contributed by atoms with Crippen LogP contribution < -0.4 is 0 Å². The predicted octanol–water partition coefficient (Wildman–Crippen LogP) is 2.59. The average molecular weight is 202 g/mol. The Morgan fingerprint density at radius 1 is 1.21 bits per heavy atom. The molecule has 2 aliphatic heterocycles. The molecule has 0 radical (unpaired) electrons. The zero-order chi connectivity index (χ0) is 9.54. The Hall–Kier alpha value is -1.42. The van der Waals surface area contributed by atoms with E-state index in [1.807, 2.05) is 18.2 Å². The summed E-state index contributed by atoms with van der Waals surface area (Å²) < 4.78 is 0. The zero-order valence-corrected chi connectivity index (χ0v) is 8.04. The molecule has 0 atom stereocenters. The van der Waals surface area contributed by atoms with Crippen molar-refractivity contribution in [2.24, 2.45) is 10.2 Å². The molecule has 0 aromatic heterocycles. The largest absolute Gasteiger partial charge is 0.304 e. The van der Waals surface area contributed by atoms with Crippen LogP contribution in [0.1, 0.15) is 11.1 Å². The number of thioether (sulfide) groups is 1. The molecule has 1 amide bonds. The second-order valence-electron chi connectivity index (χ2n) is 3.13. The highest BCUT2D eigenvalue weighted by Gasteiger charge is 2.28. The Balaban J connectivity index is 2.25. The van der Waals surface area contributed by atoms with Crippen molar-refractivity contribution < 1.29 is 4.79 Å². The van der Waals surface area contributed by atoms with Gasteiger partial charge < -0.3 is 0 Å². The lowest BCUT2D eigenvalue weighted by molar-refractivity contribution is -0.113. The Bertz CT molecular complexity index is 491. The third-order valence-electron chi connectivity index (χ3n) is 2.29. The summed E-state index contributed by atoms with van der Waals surface area (Å²) in [5, 5.41) is 7.49. The van der Waals surface area contributed by atoms with Crippen LogP contribution in [0.5, 0.6) is 0 Å². The third-order valence-corrected chi connectivity index (χ3v) is 3.41. The molecule has 14 heavy (non-hydrogen) atoms. The predicted molar refractivity (Wildman–Crippen MR) is 54.5 cm³/mol. The highest BCUT2D eigenvalue weighted by atomic mass is 32.2. The molecule has 0 aliphatic carbocycles. The highest BCUT2D eigenvalue weighted by molar-refractivity contribution is 8.03. The first-order valence-corrected chi connectivity index (χ1v) is 5.26. The van der Waals surface area contributed by atoms with E-state index in [0.717, 1.165) is 17.0 Å². The van der Waals surface area contributed by atoms with Gasteiger partial charge in [0.1, 0.15) is 10.6 Å². The molecule has 0 saturated carbocycles. The molecule has 2 heterocycles. The minimum Gasteiger partial charge on any atom is -0.264 e. The van der Waals surface area contributed by atoms with Gasteiger partial charge in [0, 0.05) is 11.3 Å². The van der Waals surface area contributed by atoms with Crippen LogP contribution >= 0.6 is 11.8 Å². The van der Waals surface area contributed by atoms with Crippen LogP contribution in [0, 0.1) is 0 Å². The number of hydrogen-bond acceptors (Lipinski definition) is 3. The van der Waals surface area contributed by atoms with Gasteiger partial charge in [0.05, 0.1) is 0 Å². The van der Waals surface area contributed by atoms with Gasteiger partial charge in [-0.15, -0.1) is 22.0 Å². The molecular weight excluding hydrogens is 196 g/mol. The molecule has 2 aliphatic rings. The molecule has 4 heteroatoms. The summed E-state index contributed by atoms with van der Waals surface area (Å²) in [6.07, 6.45) is 0. The fourth-order valence-electron chi connectivity index (χ4n) is 1.62. The molecule has 0 N–H and O–H groups in total. The molecule has 0 spiro atoms. The Morgan fingerprint density at radius 2 is 2.07 bits per heavy atom. The van der Waals surface area contributed by atoms with Gasteiger partial charge in [0.2, 0.25) is 0 Å². The van der Waals surface area contributed by atoms with Crippen molar-refractivity contribution in [3.05, 3.63) is 40.3 Å². The van der Waals surface area contributed by atoms with Gasteiger partial charge in [-0.05, 0) is 5.56 Å². The van der Waals surface area contributed by atoms with E-state index >= 15 is 0 Å². The van der Waals surface area contributed by atoms with Crippen LogP contribution in [-0.4, -0.2) is 5.91 Å². The summed E-state index contributed by atoms with van der Waals surface area (Å²) in [5.41, 5.74) is 3.03. The normalized spacial score (nSPS) is 18.4. The van der Waals surface area contributed by atoms with Gasteiger partial charge in [-0.1, -0.05) is 24.3 Å². The molecule has 0 fully saturated rings. The van der Waals surface area contributed by atoms with E-state index in [2.05, 4.69) is 16.3 Å². The molecule has 1 aromatic rings. The van der Waals surface area contributed by atoms with Crippen molar-refractivity contribution in [3.63, 3.8) is 0 Å². The van der Waals surface area contributed by atoms with Crippen molar-refractivity contribution in [2.45, 2.75) is 5.75 Å². The molecule has 68 valence electrons. The van der Waals surface area contributed by atoms with Crippen LogP contribution in [0.15, 0.2) is 39.4 Å². The number of hydrogen-bond donors (Lipinski definition) is 0. The molecule has 3 nitrogen and oxygen atoms in total. The van der Waals surface area contributed by atoms with Crippen LogP contribution in [0.3, 0.4) is 0 Å². The van der Waals surface area contributed by atoms with Crippen LogP contribution in [0.4, 0.5) is 0 Å². The number of rotatable bonds is 0. The van der Waals surface area contributed by atoms with Gasteiger partial charge in [0.25, 0.3) is 0 Å². The number of azo groups is 1. The van der Waals surface area contributed by atoms with Crippen molar-refractivity contribution in [2.75, 3.05) is 0 Å². The van der Waals surface area contributed by atoms with Crippen molar-refractivity contribution >= 4 is 23.4 Å². The number of fused-ring (bicyclic) bond motifs is 2. The number of nitrogens with zero attached hydrogens (tertiary/aromatic N) is 2. The third kappa shape index (κ3) is 0.974. The van der Waals surface area contributed by atoms with E-state index in [-0.39, 0.29) is 5.91 Å². The summed E-state index contributed by atoms with van der Waals surface area (Å²) in [4.78, 5) is 12.0. The minimum atomic E-state index is -0.195. The molecule has 0 bridgehead atoms. The second kappa shape index (κ2) is 2.78. The van der Waals surface area contributed by atoms with E-state index in [0.29, 0.717) is 4.91 Å². The van der Waals surface area contributed by atoms with Gasteiger partial charge in [0.15, 0.2) is 0 Å². The topological polar surface area (TPSA) is 41.8 Å². The lowest BCUT2D eigenvalue weighted by atomic mass is 10.1. The summed E-state index contributed by atoms with van der Waals surface area (Å²) in [5.74, 6) is 0.644. The highest BCUT2D eigenvalue weighted by Crippen LogP contribution is 2.41.